The Morgan fingerprint density at radius 2 is 1.10 bits per heavy atom. The van der Waals surface area contributed by atoms with Crippen molar-refractivity contribution in [3.05, 3.63) is 36.5 Å². The third-order valence-electron chi connectivity index (χ3n) is 1.91. The molecule has 0 aliphatic carbocycles. The lowest BCUT2D eigenvalue weighted by Gasteiger charge is -1.89. The molecule has 0 nitrogen and oxygen atoms in total. The van der Waals surface area contributed by atoms with Gasteiger partial charge >= 0.3 is 0 Å². The molecule has 0 saturated heterocycles. The van der Waals surface area contributed by atoms with Gasteiger partial charge in [-0.05, 0) is 44.4 Å². The summed E-state index contributed by atoms with van der Waals surface area (Å²) in [5.74, 6) is 0. The Bertz CT molecular complexity index is 283. The van der Waals surface area contributed by atoms with Crippen LogP contribution in [0.2, 0.25) is 0 Å². The van der Waals surface area contributed by atoms with Gasteiger partial charge in [0.2, 0.25) is 0 Å². The SMILES string of the molecule is CC=C(F)F.CCCC=C(F)F.CCCCCC=C(F)F. The van der Waals surface area contributed by atoms with E-state index in [1.54, 1.807) is 0 Å². The molecule has 6 heteroatoms. The summed E-state index contributed by atoms with van der Waals surface area (Å²) in [6, 6.07) is 0. The average Bonchev–Trinajstić information content (AvgIpc) is 2.42. The Hall–Kier alpha value is -1.20. The fraction of sp³-hybridized carbons (Fsp3) is 0.600. The minimum atomic E-state index is -1.62. The highest BCUT2D eigenvalue weighted by molar-refractivity contribution is 4.79. The maximum absolute atomic E-state index is 11.3. The van der Waals surface area contributed by atoms with Crippen LogP contribution in [0.5, 0.6) is 0 Å². The van der Waals surface area contributed by atoms with E-state index in [1.807, 2.05) is 6.92 Å². The number of halogens is 6. The summed E-state index contributed by atoms with van der Waals surface area (Å²) in [5, 5.41) is 0. The first kappa shape index (κ1) is 24.8. The first-order valence-electron chi connectivity index (χ1n) is 6.81. The Morgan fingerprint density at radius 3 is 1.33 bits per heavy atom. The Labute approximate surface area is 123 Å². The summed E-state index contributed by atoms with van der Waals surface area (Å²) in [5.41, 5.74) is 0. The van der Waals surface area contributed by atoms with Gasteiger partial charge in [0.1, 0.15) is 0 Å². The van der Waals surface area contributed by atoms with Gasteiger partial charge in [-0.1, -0.05) is 33.1 Å². The Kier molecular flexibility index (Phi) is 24.9. The van der Waals surface area contributed by atoms with Crippen LogP contribution in [0.15, 0.2) is 36.5 Å². The minimum absolute atomic E-state index is 0.488. The molecule has 0 radical (unpaired) electrons. The van der Waals surface area contributed by atoms with Crippen molar-refractivity contribution in [1.82, 2.24) is 0 Å². The quantitative estimate of drug-likeness (QED) is 0.347. The molecule has 0 unspecified atom stereocenters. The van der Waals surface area contributed by atoms with Crippen molar-refractivity contribution in [2.75, 3.05) is 0 Å². The lowest BCUT2D eigenvalue weighted by Crippen LogP contribution is -1.70. The molecule has 0 aliphatic heterocycles. The van der Waals surface area contributed by atoms with E-state index in [0.717, 1.165) is 43.9 Å². The first-order chi connectivity index (χ1) is 9.81. The molecule has 0 aromatic carbocycles. The van der Waals surface area contributed by atoms with E-state index in [0.29, 0.717) is 12.8 Å². The summed E-state index contributed by atoms with van der Waals surface area (Å²) < 4.78 is 66.1. The van der Waals surface area contributed by atoms with Crippen LogP contribution in [-0.2, 0) is 0 Å². The second-order valence-corrected chi connectivity index (χ2v) is 3.85. The zero-order valence-electron chi connectivity index (χ0n) is 12.7. The van der Waals surface area contributed by atoms with Crippen molar-refractivity contribution in [2.45, 2.75) is 59.3 Å². The lowest BCUT2D eigenvalue weighted by molar-refractivity contribution is 0.416. The largest absolute Gasteiger partial charge is 0.266 e. The smallest absolute Gasteiger partial charge is 0.174 e. The van der Waals surface area contributed by atoms with E-state index in [9.17, 15) is 26.3 Å². The van der Waals surface area contributed by atoms with E-state index >= 15 is 0 Å². The number of allylic oxidation sites excluding steroid dienone is 3. The summed E-state index contributed by atoms with van der Waals surface area (Å²) in [6.07, 6.45) is 2.74. The molecule has 126 valence electrons. The maximum Gasteiger partial charge on any atom is 0.266 e. The van der Waals surface area contributed by atoms with Crippen molar-refractivity contribution < 1.29 is 26.3 Å². The molecule has 0 aliphatic rings. The molecular weight excluding hydrogens is 294 g/mol. The third kappa shape index (κ3) is 45.5. The maximum atomic E-state index is 11.3. The molecule has 0 fully saturated rings. The van der Waals surface area contributed by atoms with Crippen LogP contribution in [0.1, 0.15) is 59.3 Å². The number of hydrogen-bond donors (Lipinski definition) is 0. The summed E-state index contributed by atoms with van der Waals surface area (Å²) >= 11 is 0. The Balaban J connectivity index is -0.000000242. The molecule has 0 aromatic heterocycles. The van der Waals surface area contributed by atoms with Crippen LogP contribution >= 0.6 is 0 Å². The molecule has 21 heavy (non-hydrogen) atoms. The highest BCUT2D eigenvalue weighted by atomic mass is 19.3. The fourth-order valence-electron chi connectivity index (χ4n) is 0.859. The third-order valence-corrected chi connectivity index (χ3v) is 1.91. The fourth-order valence-corrected chi connectivity index (χ4v) is 0.859. The zero-order valence-corrected chi connectivity index (χ0v) is 12.7. The van der Waals surface area contributed by atoms with E-state index in [1.165, 1.54) is 6.92 Å². The lowest BCUT2D eigenvalue weighted by atomic mass is 10.2. The highest BCUT2D eigenvalue weighted by Crippen LogP contribution is 2.04. The topological polar surface area (TPSA) is 0 Å². The predicted octanol–water partition coefficient (Wildman–Crippen LogP) is 7.70. The van der Waals surface area contributed by atoms with Gasteiger partial charge in [0.25, 0.3) is 18.2 Å². The van der Waals surface area contributed by atoms with Gasteiger partial charge in [0.05, 0.1) is 0 Å². The van der Waals surface area contributed by atoms with Crippen LogP contribution in [0.25, 0.3) is 0 Å². The molecule has 0 N–H and O–H groups in total. The van der Waals surface area contributed by atoms with Gasteiger partial charge in [0.15, 0.2) is 0 Å². The molecule has 0 atom stereocenters. The molecule has 0 saturated carbocycles. The second kappa shape index (κ2) is 21.1. The standard InChI is InChI=1S/C7H12F2.C5H8F2.C3H4F2/c1-2-3-4-5-6-7(8)9;1-2-3-4-5(6)7;1-2-3(4)5/h6H,2-5H2,1H3;4H,2-3H2,1H3;2H,1H3. The monoisotopic (exact) mass is 318 g/mol. The summed E-state index contributed by atoms with van der Waals surface area (Å²) in [7, 11) is 0. The van der Waals surface area contributed by atoms with Crippen molar-refractivity contribution >= 4 is 0 Å². The molecular formula is C15H24F6. The van der Waals surface area contributed by atoms with Crippen LogP contribution in [0.4, 0.5) is 26.3 Å². The van der Waals surface area contributed by atoms with E-state index < -0.39 is 18.2 Å². The Morgan fingerprint density at radius 1 is 0.667 bits per heavy atom. The number of hydrogen-bond acceptors (Lipinski definition) is 0. The van der Waals surface area contributed by atoms with Crippen molar-refractivity contribution in [3.63, 3.8) is 0 Å². The van der Waals surface area contributed by atoms with E-state index in [-0.39, 0.29) is 0 Å². The average molecular weight is 318 g/mol. The number of rotatable bonds is 6. The molecule has 0 spiro atoms. The van der Waals surface area contributed by atoms with Gasteiger partial charge in [-0.3, -0.25) is 0 Å². The summed E-state index contributed by atoms with van der Waals surface area (Å²) in [4.78, 5) is 0. The number of unbranched alkanes of at least 4 members (excludes halogenated alkanes) is 4. The minimum Gasteiger partial charge on any atom is -0.174 e. The first-order valence-corrected chi connectivity index (χ1v) is 6.81. The predicted molar refractivity (Wildman–Crippen MR) is 75.6 cm³/mol. The van der Waals surface area contributed by atoms with Crippen LogP contribution < -0.4 is 0 Å². The zero-order chi connectivity index (χ0) is 17.1. The molecule has 0 amide bonds. The molecule has 0 heterocycles. The van der Waals surface area contributed by atoms with Crippen molar-refractivity contribution in [2.24, 2.45) is 0 Å². The van der Waals surface area contributed by atoms with E-state index in [2.05, 4.69) is 6.92 Å². The van der Waals surface area contributed by atoms with Crippen molar-refractivity contribution in [3.8, 4) is 0 Å². The van der Waals surface area contributed by atoms with Gasteiger partial charge < -0.3 is 0 Å². The van der Waals surface area contributed by atoms with Gasteiger partial charge in [-0.15, -0.1) is 0 Å². The van der Waals surface area contributed by atoms with Gasteiger partial charge in [-0.2, -0.15) is 26.3 Å². The van der Waals surface area contributed by atoms with Crippen LogP contribution in [0, 0.1) is 0 Å². The molecule has 0 aromatic rings. The highest BCUT2D eigenvalue weighted by Gasteiger charge is 1.86. The molecule has 0 rings (SSSR count). The van der Waals surface area contributed by atoms with Crippen LogP contribution in [-0.4, -0.2) is 0 Å². The molecule has 0 bridgehead atoms. The van der Waals surface area contributed by atoms with Crippen LogP contribution in [0.3, 0.4) is 0 Å². The van der Waals surface area contributed by atoms with E-state index in [4.69, 9.17) is 0 Å². The second-order valence-electron chi connectivity index (χ2n) is 3.85. The van der Waals surface area contributed by atoms with Gasteiger partial charge in [0, 0.05) is 0 Å². The van der Waals surface area contributed by atoms with Crippen molar-refractivity contribution in [1.29, 1.82) is 0 Å². The normalized spacial score (nSPS) is 8.43. The van der Waals surface area contributed by atoms with Gasteiger partial charge in [-0.25, -0.2) is 0 Å². The summed E-state index contributed by atoms with van der Waals surface area (Å²) in [6.45, 7) is 5.20.